The molecule has 0 unspecified atom stereocenters. The first kappa shape index (κ1) is 14.1. The zero-order chi connectivity index (χ0) is 15.9. The summed E-state index contributed by atoms with van der Waals surface area (Å²) in [5, 5.41) is 26.6. The number of benzene rings is 2. The fourth-order valence-electron chi connectivity index (χ4n) is 2.78. The van der Waals surface area contributed by atoms with Crippen molar-refractivity contribution in [2.24, 2.45) is 17.4 Å². The van der Waals surface area contributed by atoms with Crippen LogP contribution in [0.25, 0.3) is 21.8 Å². The van der Waals surface area contributed by atoms with E-state index in [-0.39, 0.29) is 0 Å². The summed E-state index contributed by atoms with van der Waals surface area (Å²) >= 11 is 0. The van der Waals surface area contributed by atoms with E-state index in [0.29, 0.717) is 11.4 Å². The van der Waals surface area contributed by atoms with Crippen molar-refractivity contribution in [3.05, 3.63) is 47.5 Å². The van der Waals surface area contributed by atoms with E-state index in [1.807, 2.05) is 43.4 Å². The van der Waals surface area contributed by atoms with Crippen LogP contribution in [0.3, 0.4) is 0 Å². The Morgan fingerprint density at radius 3 is 1.59 bits per heavy atom. The molecule has 0 aliphatic rings. The Hall–Kier alpha value is -2.82. The lowest BCUT2D eigenvalue weighted by Crippen LogP contribution is -1.94. The Kier molecular flexibility index (Phi) is 3.33. The van der Waals surface area contributed by atoms with Gasteiger partial charge >= 0.3 is 0 Å². The van der Waals surface area contributed by atoms with Crippen molar-refractivity contribution in [1.29, 1.82) is 0 Å². The Morgan fingerprint density at radius 1 is 0.818 bits per heavy atom. The molecule has 3 aromatic rings. The summed E-state index contributed by atoms with van der Waals surface area (Å²) in [4.78, 5) is 0. The fourth-order valence-corrected chi connectivity index (χ4v) is 2.78. The van der Waals surface area contributed by atoms with Gasteiger partial charge in [-0.2, -0.15) is 0 Å². The van der Waals surface area contributed by atoms with Crippen molar-refractivity contribution in [3.8, 4) is 0 Å². The van der Waals surface area contributed by atoms with Gasteiger partial charge < -0.3 is 15.0 Å². The average molecular weight is 295 g/mol. The first-order valence-corrected chi connectivity index (χ1v) is 6.97. The van der Waals surface area contributed by atoms with E-state index >= 15 is 0 Å². The van der Waals surface area contributed by atoms with E-state index < -0.39 is 0 Å². The highest BCUT2D eigenvalue weighted by Crippen LogP contribution is 2.30. The highest BCUT2D eigenvalue weighted by molar-refractivity contribution is 6.13. The summed E-state index contributed by atoms with van der Waals surface area (Å²) in [6, 6.07) is 12.0. The Morgan fingerprint density at radius 2 is 1.23 bits per heavy atom. The minimum Gasteiger partial charge on any atom is -0.411 e. The molecule has 5 heteroatoms. The molecule has 0 aliphatic carbocycles. The van der Waals surface area contributed by atoms with Gasteiger partial charge in [0.25, 0.3) is 0 Å². The number of hydrogen-bond donors (Lipinski definition) is 2. The lowest BCUT2D eigenvalue weighted by Gasteiger charge is -2.00. The highest BCUT2D eigenvalue weighted by Gasteiger charge is 2.11. The second-order valence-corrected chi connectivity index (χ2v) is 5.39. The molecule has 1 heterocycles. The minimum absolute atomic E-state index is 0.572. The van der Waals surface area contributed by atoms with Crippen LogP contribution in [0.1, 0.15) is 25.0 Å². The van der Waals surface area contributed by atoms with Gasteiger partial charge in [0.1, 0.15) is 0 Å². The van der Waals surface area contributed by atoms with Crippen molar-refractivity contribution in [2.75, 3.05) is 0 Å². The number of rotatable bonds is 2. The van der Waals surface area contributed by atoms with Crippen molar-refractivity contribution >= 4 is 33.2 Å². The molecule has 2 N–H and O–H groups in total. The average Bonchev–Trinajstić information content (AvgIpc) is 2.85. The predicted octanol–water partition coefficient (Wildman–Crippen LogP) is 3.73. The molecule has 3 rings (SSSR count). The van der Waals surface area contributed by atoms with E-state index in [2.05, 4.69) is 14.9 Å². The lowest BCUT2D eigenvalue weighted by atomic mass is 10.0. The predicted molar refractivity (Wildman–Crippen MR) is 88.4 cm³/mol. The zero-order valence-corrected chi connectivity index (χ0v) is 12.7. The molecule has 0 saturated carbocycles. The fraction of sp³-hybridized carbons (Fsp3) is 0.176. The number of aromatic nitrogens is 1. The van der Waals surface area contributed by atoms with Crippen LogP contribution in [0, 0.1) is 0 Å². The molecule has 22 heavy (non-hydrogen) atoms. The molecule has 0 fully saturated rings. The number of oxime groups is 2. The molecular weight excluding hydrogens is 278 g/mol. The van der Waals surface area contributed by atoms with Gasteiger partial charge in [-0.05, 0) is 49.2 Å². The first-order valence-electron chi connectivity index (χ1n) is 6.97. The second kappa shape index (κ2) is 5.18. The van der Waals surface area contributed by atoms with E-state index in [1.165, 1.54) is 0 Å². The topological polar surface area (TPSA) is 70.1 Å². The standard InChI is InChI=1S/C17H17N3O2/c1-10(18-21)12-4-6-16-14(8-12)15-9-13(11(2)19-22)5-7-17(15)20(16)3/h4-9,21-22H,1-3H3/b18-10-,19-11+. The lowest BCUT2D eigenvalue weighted by molar-refractivity contribution is 0.319. The Bertz CT molecular complexity index is 861. The van der Waals surface area contributed by atoms with Crippen LogP contribution >= 0.6 is 0 Å². The van der Waals surface area contributed by atoms with Crippen LogP contribution in [0.15, 0.2) is 46.7 Å². The summed E-state index contributed by atoms with van der Waals surface area (Å²) in [5.41, 5.74) is 5.09. The van der Waals surface area contributed by atoms with Crippen molar-refractivity contribution in [3.63, 3.8) is 0 Å². The molecule has 0 radical (unpaired) electrons. The third-order valence-corrected chi connectivity index (χ3v) is 4.14. The normalized spacial score (nSPS) is 13.2. The molecule has 112 valence electrons. The molecule has 0 bridgehead atoms. The monoisotopic (exact) mass is 295 g/mol. The van der Waals surface area contributed by atoms with Gasteiger partial charge in [-0.1, -0.05) is 22.4 Å². The van der Waals surface area contributed by atoms with Gasteiger partial charge in [0.2, 0.25) is 0 Å². The molecule has 0 saturated heterocycles. The zero-order valence-electron chi connectivity index (χ0n) is 12.7. The third-order valence-electron chi connectivity index (χ3n) is 4.14. The van der Waals surface area contributed by atoms with E-state index in [1.54, 1.807) is 13.8 Å². The maximum absolute atomic E-state index is 8.97. The molecule has 0 amide bonds. The SMILES string of the molecule is C/C(=N/O)c1ccc2c(c1)c1cc(/C(C)=N/O)ccc1n2C. The third kappa shape index (κ3) is 2.02. The summed E-state index contributed by atoms with van der Waals surface area (Å²) in [5.74, 6) is 0. The van der Waals surface area contributed by atoms with Crippen LogP contribution in [0.4, 0.5) is 0 Å². The molecular formula is C17H17N3O2. The van der Waals surface area contributed by atoms with Gasteiger partial charge in [-0.3, -0.25) is 0 Å². The van der Waals surface area contributed by atoms with Gasteiger partial charge in [0, 0.05) is 28.9 Å². The van der Waals surface area contributed by atoms with Crippen LogP contribution < -0.4 is 0 Å². The van der Waals surface area contributed by atoms with Gasteiger partial charge in [0.05, 0.1) is 11.4 Å². The van der Waals surface area contributed by atoms with Gasteiger partial charge in [0.15, 0.2) is 0 Å². The van der Waals surface area contributed by atoms with Crippen molar-refractivity contribution < 1.29 is 10.4 Å². The van der Waals surface area contributed by atoms with Gasteiger partial charge in [-0.25, -0.2) is 0 Å². The summed E-state index contributed by atoms with van der Waals surface area (Å²) in [6.07, 6.45) is 0. The Labute approximate surface area is 127 Å². The quantitative estimate of drug-likeness (QED) is 0.429. The molecule has 0 aliphatic heterocycles. The number of nitrogens with zero attached hydrogens (tertiary/aromatic N) is 3. The smallest absolute Gasteiger partial charge is 0.0837 e. The van der Waals surface area contributed by atoms with Crippen molar-refractivity contribution in [2.45, 2.75) is 13.8 Å². The molecule has 0 spiro atoms. The number of fused-ring (bicyclic) bond motifs is 3. The number of hydrogen-bond acceptors (Lipinski definition) is 4. The van der Waals surface area contributed by atoms with Crippen LogP contribution in [-0.2, 0) is 7.05 Å². The largest absolute Gasteiger partial charge is 0.411 e. The molecule has 2 aromatic carbocycles. The maximum atomic E-state index is 8.97. The summed E-state index contributed by atoms with van der Waals surface area (Å²) < 4.78 is 2.12. The van der Waals surface area contributed by atoms with Gasteiger partial charge in [-0.15, -0.1) is 0 Å². The summed E-state index contributed by atoms with van der Waals surface area (Å²) in [6.45, 7) is 3.53. The molecule has 5 nitrogen and oxygen atoms in total. The first-order chi connectivity index (χ1) is 10.6. The van der Waals surface area contributed by atoms with E-state index in [9.17, 15) is 0 Å². The molecule has 0 atom stereocenters. The van der Waals surface area contributed by atoms with E-state index in [0.717, 1.165) is 32.9 Å². The Balaban J connectivity index is 2.38. The highest BCUT2D eigenvalue weighted by atomic mass is 16.4. The summed E-state index contributed by atoms with van der Waals surface area (Å²) in [7, 11) is 2.02. The van der Waals surface area contributed by atoms with E-state index in [4.69, 9.17) is 10.4 Å². The molecule has 1 aromatic heterocycles. The second-order valence-electron chi connectivity index (χ2n) is 5.39. The van der Waals surface area contributed by atoms with Crippen LogP contribution in [0.2, 0.25) is 0 Å². The van der Waals surface area contributed by atoms with Crippen LogP contribution in [0.5, 0.6) is 0 Å². The number of aryl methyl sites for hydroxylation is 1. The van der Waals surface area contributed by atoms with Crippen molar-refractivity contribution in [1.82, 2.24) is 4.57 Å². The maximum Gasteiger partial charge on any atom is 0.0837 e. The minimum atomic E-state index is 0.572. The van der Waals surface area contributed by atoms with Crippen LogP contribution in [-0.4, -0.2) is 26.4 Å².